The fraction of sp³-hybridized carbons (Fsp3) is 0.0556. The predicted octanol–water partition coefficient (Wildman–Crippen LogP) is 7.74. The van der Waals surface area contributed by atoms with Crippen LogP contribution < -0.4 is 0 Å². The van der Waals surface area contributed by atoms with Crippen LogP contribution in [0.1, 0.15) is 49.1 Å². The maximum absolute atomic E-state index is 13.3. The molecule has 0 aliphatic heterocycles. The van der Waals surface area contributed by atoms with Gasteiger partial charge in [0.1, 0.15) is 5.71 Å². The van der Waals surface area contributed by atoms with E-state index >= 15 is 0 Å². The topological polar surface area (TPSA) is 77.7 Å². The van der Waals surface area contributed by atoms with Crippen molar-refractivity contribution in [3.05, 3.63) is 149 Å². The maximum Gasteiger partial charge on any atom is 0.365 e. The Labute approximate surface area is 242 Å². The molecule has 0 fully saturated rings. The molecule has 0 unspecified atom stereocenters. The molecule has 0 saturated heterocycles. The third-order valence-electron chi connectivity index (χ3n) is 7.21. The van der Waals surface area contributed by atoms with Crippen LogP contribution in [0.15, 0.2) is 126 Å². The van der Waals surface area contributed by atoms with Crippen LogP contribution in [0.25, 0.3) is 27.5 Å². The van der Waals surface area contributed by atoms with Crippen LogP contribution >= 0.6 is 0 Å². The molecule has 6 aromatic rings. The van der Waals surface area contributed by atoms with Gasteiger partial charge >= 0.3 is 5.97 Å². The SMILES string of the molecule is CC(=NOC(=O)c1ccccc1)C(=O)c1ccc2c(c1)c1cc(C)ccc1n2-c1ccc(C(=O)c2ccccc2)cc1. The highest BCUT2D eigenvalue weighted by Gasteiger charge is 2.18. The van der Waals surface area contributed by atoms with Crippen LogP contribution in [0.2, 0.25) is 0 Å². The zero-order valence-corrected chi connectivity index (χ0v) is 23.1. The third-order valence-corrected chi connectivity index (χ3v) is 7.21. The average molecular weight is 551 g/mol. The molecule has 6 heteroatoms. The van der Waals surface area contributed by atoms with Crippen molar-refractivity contribution in [2.24, 2.45) is 5.16 Å². The fourth-order valence-electron chi connectivity index (χ4n) is 5.06. The number of nitrogens with zero attached hydrogens (tertiary/aromatic N) is 2. The molecule has 5 aromatic carbocycles. The van der Waals surface area contributed by atoms with Crippen LogP contribution in [0.5, 0.6) is 0 Å². The van der Waals surface area contributed by atoms with Gasteiger partial charge in [-0.3, -0.25) is 9.59 Å². The lowest BCUT2D eigenvalue weighted by molar-refractivity contribution is 0.0515. The highest BCUT2D eigenvalue weighted by atomic mass is 16.7. The molecule has 204 valence electrons. The molecule has 0 radical (unpaired) electrons. The summed E-state index contributed by atoms with van der Waals surface area (Å²) < 4.78 is 2.12. The minimum atomic E-state index is -0.631. The maximum atomic E-state index is 13.3. The quantitative estimate of drug-likeness (QED) is 0.0882. The second kappa shape index (κ2) is 11.1. The first-order valence-corrected chi connectivity index (χ1v) is 13.5. The number of benzene rings is 5. The normalized spacial score (nSPS) is 11.5. The number of Topliss-reactive ketones (excluding diaryl/α,β-unsaturated/α-hetero) is 1. The molecule has 0 N–H and O–H groups in total. The van der Waals surface area contributed by atoms with E-state index in [2.05, 4.69) is 27.9 Å². The van der Waals surface area contributed by atoms with E-state index in [9.17, 15) is 14.4 Å². The van der Waals surface area contributed by atoms with E-state index in [4.69, 9.17) is 4.84 Å². The molecule has 42 heavy (non-hydrogen) atoms. The van der Waals surface area contributed by atoms with Gasteiger partial charge in [-0.25, -0.2) is 4.79 Å². The van der Waals surface area contributed by atoms with Crippen LogP contribution in [0, 0.1) is 6.92 Å². The van der Waals surface area contributed by atoms with Crippen molar-refractivity contribution in [2.45, 2.75) is 13.8 Å². The van der Waals surface area contributed by atoms with Gasteiger partial charge in [0.2, 0.25) is 5.78 Å². The van der Waals surface area contributed by atoms with Crippen molar-refractivity contribution >= 4 is 45.1 Å². The van der Waals surface area contributed by atoms with Gasteiger partial charge in [-0.1, -0.05) is 65.3 Å². The predicted molar refractivity (Wildman–Crippen MR) is 165 cm³/mol. The molecule has 1 aromatic heterocycles. The van der Waals surface area contributed by atoms with Crippen molar-refractivity contribution < 1.29 is 19.2 Å². The Morgan fingerprint density at radius 2 is 1.17 bits per heavy atom. The lowest BCUT2D eigenvalue weighted by Gasteiger charge is -2.09. The molecule has 0 amide bonds. The zero-order valence-electron chi connectivity index (χ0n) is 23.1. The summed E-state index contributed by atoms with van der Waals surface area (Å²) in [5.41, 5.74) is 5.98. The Kier molecular flexibility index (Phi) is 7.03. The molecule has 0 aliphatic carbocycles. The van der Waals surface area contributed by atoms with E-state index in [0.717, 1.165) is 33.1 Å². The minimum absolute atomic E-state index is 0.0327. The fourth-order valence-corrected chi connectivity index (χ4v) is 5.06. The average Bonchev–Trinajstić information content (AvgIpc) is 3.36. The smallest absolute Gasteiger partial charge is 0.312 e. The molecule has 6 rings (SSSR count). The highest BCUT2D eigenvalue weighted by Crippen LogP contribution is 2.33. The molecule has 0 bridgehead atoms. The number of carbonyl (C=O) groups is 3. The zero-order chi connectivity index (χ0) is 29.2. The number of hydrogen-bond acceptors (Lipinski definition) is 5. The van der Waals surface area contributed by atoms with Crippen molar-refractivity contribution in [3.63, 3.8) is 0 Å². The van der Waals surface area contributed by atoms with Crippen molar-refractivity contribution in [1.29, 1.82) is 0 Å². The molecule has 0 saturated carbocycles. The molecular weight excluding hydrogens is 524 g/mol. The highest BCUT2D eigenvalue weighted by molar-refractivity contribution is 6.45. The number of ketones is 2. The standard InChI is InChI=1S/C36H26N2O4/c1-23-13-19-32-30(21-23)31-22-28(34(39)24(2)37-42-36(41)27-11-7-4-8-12-27)16-20-33(31)38(32)29-17-14-26(15-18-29)35(40)25-9-5-3-6-10-25/h3-22H,1-2H3. The Bertz CT molecular complexity index is 2010. The van der Waals surface area contributed by atoms with Gasteiger partial charge in [-0.05, 0) is 80.6 Å². The second-order valence-electron chi connectivity index (χ2n) is 10.1. The molecule has 0 atom stereocenters. The van der Waals surface area contributed by atoms with Crippen LogP contribution in [-0.2, 0) is 4.84 Å². The lowest BCUT2D eigenvalue weighted by Crippen LogP contribution is -2.12. The number of aryl methyl sites for hydroxylation is 1. The Morgan fingerprint density at radius 3 is 1.83 bits per heavy atom. The van der Waals surface area contributed by atoms with Gasteiger partial charge < -0.3 is 9.40 Å². The first-order chi connectivity index (χ1) is 20.4. The first-order valence-electron chi connectivity index (χ1n) is 13.5. The second-order valence-corrected chi connectivity index (χ2v) is 10.1. The van der Waals surface area contributed by atoms with E-state index in [1.165, 1.54) is 6.92 Å². The lowest BCUT2D eigenvalue weighted by atomic mass is 10.0. The number of oxime groups is 1. The monoisotopic (exact) mass is 550 g/mol. The summed E-state index contributed by atoms with van der Waals surface area (Å²) in [6.07, 6.45) is 0. The third kappa shape index (κ3) is 5.02. The summed E-state index contributed by atoms with van der Waals surface area (Å²) in [6, 6.07) is 37.0. The van der Waals surface area contributed by atoms with Crippen molar-refractivity contribution in [3.8, 4) is 5.69 Å². The van der Waals surface area contributed by atoms with E-state index in [0.29, 0.717) is 22.3 Å². The summed E-state index contributed by atoms with van der Waals surface area (Å²) in [5.74, 6) is -1.00. The number of rotatable bonds is 7. The molecule has 6 nitrogen and oxygen atoms in total. The van der Waals surface area contributed by atoms with Gasteiger partial charge in [0.15, 0.2) is 5.78 Å². The summed E-state index contributed by atoms with van der Waals surface area (Å²) in [7, 11) is 0. The van der Waals surface area contributed by atoms with Gasteiger partial charge in [0.05, 0.1) is 16.6 Å². The number of aromatic nitrogens is 1. The summed E-state index contributed by atoms with van der Waals surface area (Å²) in [5, 5.41) is 5.71. The van der Waals surface area contributed by atoms with Crippen LogP contribution in [0.3, 0.4) is 0 Å². The van der Waals surface area contributed by atoms with Crippen molar-refractivity contribution in [2.75, 3.05) is 0 Å². The van der Waals surface area contributed by atoms with E-state index < -0.39 is 5.97 Å². The van der Waals surface area contributed by atoms with Gasteiger partial charge in [-0.2, -0.15) is 0 Å². The summed E-state index contributed by atoms with van der Waals surface area (Å²) >= 11 is 0. The van der Waals surface area contributed by atoms with Gasteiger partial charge in [-0.15, -0.1) is 0 Å². The Hall–Kier alpha value is -5.62. The van der Waals surface area contributed by atoms with Crippen LogP contribution in [-0.4, -0.2) is 27.8 Å². The van der Waals surface area contributed by atoms with Gasteiger partial charge in [0, 0.05) is 33.2 Å². The largest absolute Gasteiger partial charge is 0.365 e. The number of carbonyl (C=O) groups excluding carboxylic acids is 3. The van der Waals surface area contributed by atoms with E-state index in [-0.39, 0.29) is 17.3 Å². The van der Waals surface area contributed by atoms with Crippen molar-refractivity contribution in [1.82, 2.24) is 4.57 Å². The number of fused-ring (bicyclic) bond motifs is 3. The Morgan fingerprint density at radius 1 is 0.619 bits per heavy atom. The minimum Gasteiger partial charge on any atom is -0.312 e. The summed E-state index contributed by atoms with van der Waals surface area (Å²) in [4.78, 5) is 43.5. The Balaban J connectivity index is 1.35. The molecule has 1 heterocycles. The first kappa shape index (κ1) is 26.6. The van der Waals surface area contributed by atoms with Gasteiger partial charge in [0.25, 0.3) is 0 Å². The summed E-state index contributed by atoms with van der Waals surface area (Å²) in [6.45, 7) is 3.55. The molecular formula is C36H26N2O4. The molecule has 0 aliphatic rings. The van der Waals surface area contributed by atoms with Crippen LogP contribution in [0.4, 0.5) is 0 Å². The van der Waals surface area contributed by atoms with E-state index in [1.807, 2.05) is 73.7 Å². The van der Waals surface area contributed by atoms with E-state index in [1.54, 1.807) is 36.4 Å². The molecule has 0 spiro atoms. The number of hydrogen-bond donors (Lipinski definition) is 0.